The number of halogens is 1. The minimum atomic E-state index is -0.0811. The molecule has 0 radical (unpaired) electrons. The topological polar surface area (TPSA) is 70.2 Å². The van der Waals surface area contributed by atoms with Crippen LogP contribution in [0.25, 0.3) is 0 Å². The molecule has 21 heavy (non-hydrogen) atoms. The zero-order valence-corrected chi connectivity index (χ0v) is 12.7. The summed E-state index contributed by atoms with van der Waals surface area (Å²) >= 11 is 0. The van der Waals surface area contributed by atoms with E-state index in [0.29, 0.717) is 19.5 Å². The van der Waals surface area contributed by atoms with Crippen LogP contribution in [-0.4, -0.2) is 30.9 Å². The van der Waals surface area contributed by atoms with Crippen LogP contribution in [0.3, 0.4) is 0 Å². The lowest BCUT2D eigenvalue weighted by Crippen LogP contribution is -2.41. The van der Waals surface area contributed by atoms with Crippen molar-refractivity contribution in [1.29, 1.82) is 0 Å². The van der Waals surface area contributed by atoms with E-state index in [0.717, 1.165) is 24.9 Å². The summed E-state index contributed by atoms with van der Waals surface area (Å²) in [6.07, 6.45) is 2.23. The van der Waals surface area contributed by atoms with Crippen LogP contribution in [0.1, 0.15) is 24.8 Å². The lowest BCUT2D eigenvalue weighted by molar-refractivity contribution is -0.123. The van der Waals surface area contributed by atoms with Gasteiger partial charge in [-0.25, -0.2) is 0 Å². The number of benzene rings is 1. The normalized spacial score (nSPS) is 16.9. The third kappa shape index (κ3) is 6.14. The van der Waals surface area contributed by atoms with Crippen molar-refractivity contribution in [2.24, 2.45) is 0 Å². The van der Waals surface area contributed by atoms with Gasteiger partial charge >= 0.3 is 0 Å². The molecule has 1 heterocycles. The fourth-order valence-corrected chi connectivity index (χ4v) is 2.22. The highest BCUT2D eigenvalue weighted by Crippen LogP contribution is 2.04. The molecule has 1 atom stereocenters. The fraction of sp³-hybridized carbons (Fsp3) is 0.467. The van der Waals surface area contributed by atoms with Crippen molar-refractivity contribution >= 4 is 24.2 Å². The molecule has 1 aromatic rings. The van der Waals surface area contributed by atoms with Gasteiger partial charge in [0.05, 0.1) is 6.04 Å². The molecule has 0 saturated carbocycles. The zero-order chi connectivity index (χ0) is 14.2. The van der Waals surface area contributed by atoms with E-state index >= 15 is 0 Å². The number of amides is 2. The van der Waals surface area contributed by atoms with Crippen molar-refractivity contribution in [2.75, 3.05) is 13.1 Å². The van der Waals surface area contributed by atoms with Gasteiger partial charge in [0.2, 0.25) is 11.8 Å². The monoisotopic (exact) mass is 311 g/mol. The van der Waals surface area contributed by atoms with Gasteiger partial charge in [-0.3, -0.25) is 9.59 Å². The van der Waals surface area contributed by atoms with Gasteiger partial charge in [-0.1, -0.05) is 30.3 Å². The standard InChI is InChI=1S/C15H21N3O2.ClH/c19-14(18-11-12-5-2-1-3-6-12)8-10-17-15(20)13-7-4-9-16-13;/h1-3,5-6,13,16H,4,7-11H2,(H,17,20)(H,18,19);1H. The van der Waals surface area contributed by atoms with Crippen LogP contribution >= 0.6 is 12.4 Å². The second-order valence-electron chi connectivity index (χ2n) is 4.95. The van der Waals surface area contributed by atoms with Gasteiger partial charge in [-0.2, -0.15) is 0 Å². The Bertz CT molecular complexity index is 447. The summed E-state index contributed by atoms with van der Waals surface area (Å²) in [5.41, 5.74) is 1.07. The van der Waals surface area contributed by atoms with Gasteiger partial charge in [0.25, 0.3) is 0 Å². The number of hydrogen-bond acceptors (Lipinski definition) is 3. The van der Waals surface area contributed by atoms with Gasteiger partial charge in [0.1, 0.15) is 0 Å². The molecular weight excluding hydrogens is 290 g/mol. The summed E-state index contributed by atoms with van der Waals surface area (Å²) in [6, 6.07) is 9.67. The van der Waals surface area contributed by atoms with Crippen LogP contribution in [0.5, 0.6) is 0 Å². The molecule has 0 bridgehead atoms. The van der Waals surface area contributed by atoms with E-state index in [2.05, 4.69) is 16.0 Å². The Kier molecular flexibility index (Phi) is 7.79. The first-order chi connectivity index (χ1) is 9.75. The second-order valence-corrected chi connectivity index (χ2v) is 4.95. The van der Waals surface area contributed by atoms with E-state index < -0.39 is 0 Å². The van der Waals surface area contributed by atoms with E-state index in [4.69, 9.17) is 0 Å². The SMILES string of the molecule is Cl.O=C(CCNC(=O)C1CCCN1)NCc1ccccc1. The quantitative estimate of drug-likeness (QED) is 0.733. The lowest BCUT2D eigenvalue weighted by atomic mass is 10.2. The van der Waals surface area contributed by atoms with E-state index in [1.807, 2.05) is 30.3 Å². The molecule has 1 saturated heterocycles. The van der Waals surface area contributed by atoms with E-state index in [-0.39, 0.29) is 30.3 Å². The number of carbonyl (C=O) groups is 2. The van der Waals surface area contributed by atoms with Gasteiger partial charge in [-0.05, 0) is 24.9 Å². The molecule has 116 valence electrons. The minimum absolute atomic E-state index is 0. The van der Waals surface area contributed by atoms with Gasteiger partial charge in [-0.15, -0.1) is 12.4 Å². The second kappa shape index (κ2) is 9.37. The van der Waals surface area contributed by atoms with Crippen LogP contribution in [0.15, 0.2) is 30.3 Å². The summed E-state index contributed by atoms with van der Waals surface area (Å²) in [5.74, 6) is -0.0492. The average Bonchev–Trinajstić information content (AvgIpc) is 3.00. The number of hydrogen-bond donors (Lipinski definition) is 3. The highest BCUT2D eigenvalue weighted by atomic mass is 35.5. The Balaban J connectivity index is 0.00000220. The predicted octanol–water partition coefficient (Wildman–Crippen LogP) is 0.983. The predicted molar refractivity (Wildman–Crippen MR) is 84.2 cm³/mol. The molecule has 0 spiro atoms. The Hall–Kier alpha value is -1.59. The van der Waals surface area contributed by atoms with E-state index in [1.165, 1.54) is 0 Å². The van der Waals surface area contributed by atoms with Crippen molar-refractivity contribution in [2.45, 2.75) is 31.8 Å². The summed E-state index contributed by atoms with van der Waals surface area (Å²) < 4.78 is 0. The third-order valence-electron chi connectivity index (χ3n) is 3.36. The summed E-state index contributed by atoms with van der Waals surface area (Å²) in [4.78, 5) is 23.3. The van der Waals surface area contributed by atoms with E-state index in [9.17, 15) is 9.59 Å². The van der Waals surface area contributed by atoms with Crippen LogP contribution < -0.4 is 16.0 Å². The maximum atomic E-state index is 11.7. The Morgan fingerprint density at radius 1 is 1.19 bits per heavy atom. The molecule has 1 fully saturated rings. The van der Waals surface area contributed by atoms with Crippen molar-refractivity contribution < 1.29 is 9.59 Å². The molecule has 1 unspecified atom stereocenters. The first-order valence-electron chi connectivity index (χ1n) is 7.07. The molecule has 2 amide bonds. The zero-order valence-electron chi connectivity index (χ0n) is 11.9. The molecular formula is C15H22ClN3O2. The molecule has 0 aromatic heterocycles. The molecule has 1 aliphatic heterocycles. The number of rotatable bonds is 6. The largest absolute Gasteiger partial charge is 0.354 e. The van der Waals surface area contributed by atoms with Crippen molar-refractivity contribution in [3.8, 4) is 0 Å². The molecule has 1 aromatic carbocycles. The Morgan fingerprint density at radius 2 is 1.95 bits per heavy atom. The highest BCUT2D eigenvalue weighted by molar-refractivity contribution is 5.85. The summed E-state index contributed by atoms with van der Waals surface area (Å²) in [7, 11) is 0. The van der Waals surface area contributed by atoms with Crippen molar-refractivity contribution in [3.05, 3.63) is 35.9 Å². The molecule has 0 aliphatic carbocycles. The maximum Gasteiger partial charge on any atom is 0.237 e. The third-order valence-corrected chi connectivity index (χ3v) is 3.36. The summed E-state index contributed by atoms with van der Waals surface area (Å²) in [5, 5.41) is 8.76. The maximum absolute atomic E-state index is 11.7. The minimum Gasteiger partial charge on any atom is -0.354 e. The van der Waals surface area contributed by atoms with E-state index in [1.54, 1.807) is 0 Å². The number of carbonyl (C=O) groups excluding carboxylic acids is 2. The van der Waals surface area contributed by atoms with Crippen LogP contribution in [0, 0.1) is 0 Å². The molecule has 6 heteroatoms. The summed E-state index contributed by atoms with van der Waals surface area (Å²) in [6.45, 7) is 1.81. The lowest BCUT2D eigenvalue weighted by Gasteiger charge is -2.11. The Morgan fingerprint density at radius 3 is 2.62 bits per heavy atom. The number of nitrogens with one attached hydrogen (secondary N) is 3. The highest BCUT2D eigenvalue weighted by Gasteiger charge is 2.21. The molecule has 5 nitrogen and oxygen atoms in total. The van der Waals surface area contributed by atoms with Crippen LogP contribution in [-0.2, 0) is 16.1 Å². The van der Waals surface area contributed by atoms with Gasteiger partial charge in [0, 0.05) is 19.5 Å². The Labute approximate surface area is 131 Å². The average molecular weight is 312 g/mol. The van der Waals surface area contributed by atoms with Crippen LogP contribution in [0.4, 0.5) is 0 Å². The van der Waals surface area contributed by atoms with Crippen molar-refractivity contribution in [3.63, 3.8) is 0 Å². The smallest absolute Gasteiger partial charge is 0.237 e. The first kappa shape index (κ1) is 17.5. The molecule has 2 rings (SSSR count). The van der Waals surface area contributed by atoms with Gasteiger partial charge in [0.15, 0.2) is 0 Å². The van der Waals surface area contributed by atoms with Crippen molar-refractivity contribution in [1.82, 2.24) is 16.0 Å². The molecule has 1 aliphatic rings. The first-order valence-corrected chi connectivity index (χ1v) is 7.07. The van der Waals surface area contributed by atoms with Gasteiger partial charge < -0.3 is 16.0 Å². The molecule has 3 N–H and O–H groups in total. The fourth-order valence-electron chi connectivity index (χ4n) is 2.22. The van der Waals surface area contributed by atoms with Crippen LogP contribution in [0.2, 0.25) is 0 Å².